The Kier molecular flexibility index (Phi) is 5.18. The van der Waals surface area contributed by atoms with Crippen LogP contribution in [0, 0.1) is 0 Å². The minimum atomic E-state index is -0.222. The average molecular weight is 307 g/mol. The van der Waals surface area contributed by atoms with E-state index in [0.29, 0.717) is 17.5 Å². The molecule has 0 spiro atoms. The van der Waals surface area contributed by atoms with Gasteiger partial charge in [0.15, 0.2) is 5.16 Å². The summed E-state index contributed by atoms with van der Waals surface area (Å²) in [7, 11) is 0. The molecule has 112 valence electrons. The third kappa shape index (κ3) is 3.96. The first-order valence-electron chi connectivity index (χ1n) is 6.49. The van der Waals surface area contributed by atoms with Crippen molar-refractivity contribution in [1.29, 1.82) is 0 Å². The molecule has 1 amide bonds. The SMILES string of the molecule is CCn1c(SCc2ccc(CC(=O)NN)cc2)n[nH]c1=O. The van der Waals surface area contributed by atoms with Crippen LogP contribution in [0.4, 0.5) is 0 Å². The second kappa shape index (κ2) is 7.09. The van der Waals surface area contributed by atoms with Gasteiger partial charge in [0.1, 0.15) is 0 Å². The van der Waals surface area contributed by atoms with Crippen molar-refractivity contribution >= 4 is 17.7 Å². The van der Waals surface area contributed by atoms with Crippen molar-refractivity contribution in [1.82, 2.24) is 20.2 Å². The molecule has 0 saturated carbocycles. The van der Waals surface area contributed by atoms with E-state index in [4.69, 9.17) is 5.84 Å². The predicted octanol–water partition coefficient (Wildman–Crippen LogP) is 0.416. The van der Waals surface area contributed by atoms with Gasteiger partial charge in [0, 0.05) is 12.3 Å². The molecule has 0 unspecified atom stereocenters. The summed E-state index contributed by atoms with van der Waals surface area (Å²) in [5.74, 6) is 5.53. The molecule has 21 heavy (non-hydrogen) atoms. The number of hydrogen-bond donors (Lipinski definition) is 3. The molecule has 4 N–H and O–H groups in total. The lowest BCUT2D eigenvalue weighted by atomic mass is 10.1. The van der Waals surface area contributed by atoms with Crippen LogP contribution >= 0.6 is 11.8 Å². The van der Waals surface area contributed by atoms with Crippen LogP contribution in [0.5, 0.6) is 0 Å². The number of aromatic nitrogens is 3. The summed E-state index contributed by atoms with van der Waals surface area (Å²) in [5, 5.41) is 7.11. The molecule has 0 aliphatic rings. The topological polar surface area (TPSA) is 106 Å². The summed E-state index contributed by atoms with van der Waals surface area (Å²) in [4.78, 5) is 22.6. The Morgan fingerprint density at radius 3 is 2.67 bits per heavy atom. The van der Waals surface area contributed by atoms with Crippen LogP contribution in [0.15, 0.2) is 34.2 Å². The van der Waals surface area contributed by atoms with Gasteiger partial charge < -0.3 is 0 Å². The fraction of sp³-hybridized carbons (Fsp3) is 0.308. The van der Waals surface area contributed by atoms with E-state index in [0.717, 1.165) is 11.1 Å². The Bertz CT molecular complexity index is 662. The molecular weight excluding hydrogens is 290 g/mol. The third-order valence-corrected chi connectivity index (χ3v) is 4.00. The van der Waals surface area contributed by atoms with E-state index in [9.17, 15) is 9.59 Å². The van der Waals surface area contributed by atoms with Crippen molar-refractivity contribution in [2.24, 2.45) is 5.84 Å². The zero-order chi connectivity index (χ0) is 15.2. The Hall–Kier alpha value is -2.06. The molecule has 0 fully saturated rings. The van der Waals surface area contributed by atoms with E-state index in [2.05, 4.69) is 15.6 Å². The van der Waals surface area contributed by atoms with Gasteiger partial charge in [0.2, 0.25) is 5.91 Å². The highest BCUT2D eigenvalue weighted by molar-refractivity contribution is 7.98. The van der Waals surface area contributed by atoms with Crippen molar-refractivity contribution in [2.45, 2.75) is 30.8 Å². The molecule has 0 bridgehead atoms. The Balaban J connectivity index is 1.97. The quantitative estimate of drug-likeness (QED) is 0.310. The van der Waals surface area contributed by atoms with Gasteiger partial charge in [-0.2, -0.15) is 0 Å². The molecule has 1 aromatic heterocycles. The summed E-state index contributed by atoms with van der Waals surface area (Å²) < 4.78 is 1.59. The standard InChI is InChI=1S/C13H17N5O2S/c1-2-18-12(20)16-17-13(18)21-8-10-5-3-9(4-6-10)7-11(19)15-14/h3-6H,2,7-8,14H2,1H3,(H,15,19)(H,16,20). The number of thioether (sulfide) groups is 1. The zero-order valence-electron chi connectivity index (χ0n) is 11.6. The summed E-state index contributed by atoms with van der Waals surface area (Å²) >= 11 is 1.49. The predicted molar refractivity (Wildman–Crippen MR) is 80.6 cm³/mol. The molecule has 8 heteroatoms. The first kappa shape index (κ1) is 15.3. The Morgan fingerprint density at radius 2 is 2.05 bits per heavy atom. The molecule has 0 atom stereocenters. The van der Waals surface area contributed by atoms with Gasteiger partial charge in [0.25, 0.3) is 0 Å². The molecule has 2 aromatic rings. The van der Waals surface area contributed by atoms with Crippen LogP contribution in [-0.4, -0.2) is 20.7 Å². The van der Waals surface area contributed by atoms with Gasteiger partial charge in [-0.1, -0.05) is 36.0 Å². The minimum Gasteiger partial charge on any atom is -0.294 e. The van der Waals surface area contributed by atoms with Crippen LogP contribution in [0.2, 0.25) is 0 Å². The van der Waals surface area contributed by atoms with Crippen LogP contribution in [-0.2, 0) is 23.5 Å². The number of carbonyl (C=O) groups excluding carboxylic acids is 1. The van der Waals surface area contributed by atoms with Crippen LogP contribution in [0.3, 0.4) is 0 Å². The fourth-order valence-corrected chi connectivity index (χ4v) is 2.80. The van der Waals surface area contributed by atoms with Gasteiger partial charge in [0.05, 0.1) is 6.42 Å². The van der Waals surface area contributed by atoms with E-state index < -0.39 is 0 Å². The largest absolute Gasteiger partial charge is 0.343 e. The van der Waals surface area contributed by atoms with Gasteiger partial charge in [-0.25, -0.2) is 15.7 Å². The highest BCUT2D eigenvalue weighted by Gasteiger charge is 2.07. The number of benzene rings is 1. The maximum Gasteiger partial charge on any atom is 0.343 e. The van der Waals surface area contributed by atoms with Gasteiger partial charge in [-0.15, -0.1) is 5.10 Å². The van der Waals surface area contributed by atoms with Crippen molar-refractivity contribution < 1.29 is 4.79 Å². The van der Waals surface area contributed by atoms with Crippen molar-refractivity contribution in [3.05, 3.63) is 45.9 Å². The first-order chi connectivity index (χ1) is 10.1. The fourth-order valence-electron chi connectivity index (χ4n) is 1.83. The van der Waals surface area contributed by atoms with E-state index >= 15 is 0 Å². The van der Waals surface area contributed by atoms with Gasteiger partial charge >= 0.3 is 5.69 Å². The molecule has 0 saturated heterocycles. The summed E-state index contributed by atoms with van der Waals surface area (Å²) in [6.45, 7) is 2.49. The Labute approximate surface area is 125 Å². The lowest BCUT2D eigenvalue weighted by Gasteiger charge is -2.04. The number of hydrogen-bond acceptors (Lipinski definition) is 5. The monoisotopic (exact) mass is 307 g/mol. The third-order valence-electron chi connectivity index (χ3n) is 2.96. The van der Waals surface area contributed by atoms with E-state index in [-0.39, 0.29) is 18.0 Å². The highest BCUT2D eigenvalue weighted by Crippen LogP contribution is 2.19. The number of hydrazine groups is 1. The van der Waals surface area contributed by atoms with Crippen LogP contribution in [0.25, 0.3) is 0 Å². The maximum atomic E-state index is 11.4. The maximum absolute atomic E-state index is 11.4. The smallest absolute Gasteiger partial charge is 0.294 e. The number of aromatic amines is 1. The van der Waals surface area contributed by atoms with Crippen LogP contribution < -0.4 is 17.0 Å². The summed E-state index contributed by atoms with van der Waals surface area (Å²) in [6, 6.07) is 7.69. The lowest BCUT2D eigenvalue weighted by Crippen LogP contribution is -2.31. The number of amides is 1. The number of nitrogens with zero attached hydrogens (tertiary/aromatic N) is 2. The van der Waals surface area contributed by atoms with Crippen molar-refractivity contribution in [2.75, 3.05) is 0 Å². The van der Waals surface area contributed by atoms with Crippen LogP contribution in [0.1, 0.15) is 18.1 Å². The van der Waals surface area contributed by atoms with Gasteiger partial charge in [-0.05, 0) is 18.1 Å². The second-order valence-electron chi connectivity index (χ2n) is 4.41. The summed E-state index contributed by atoms with van der Waals surface area (Å²) in [5.41, 5.74) is 3.90. The number of nitrogens with two attached hydrogens (primary N) is 1. The molecule has 0 aliphatic carbocycles. The minimum absolute atomic E-state index is 0.192. The van der Waals surface area contributed by atoms with E-state index in [1.807, 2.05) is 31.2 Å². The molecular formula is C13H17N5O2S. The summed E-state index contributed by atoms with van der Waals surface area (Å²) in [6.07, 6.45) is 0.263. The molecule has 2 rings (SSSR count). The normalized spacial score (nSPS) is 10.6. The molecule has 1 aromatic carbocycles. The van der Waals surface area contributed by atoms with Crippen molar-refractivity contribution in [3.63, 3.8) is 0 Å². The van der Waals surface area contributed by atoms with E-state index in [1.54, 1.807) is 4.57 Å². The zero-order valence-corrected chi connectivity index (χ0v) is 12.4. The number of nitrogens with one attached hydrogen (secondary N) is 2. The second-order valence-corrected chi connectivity index (χ2v) is 5.35. The molecule has 7 nitrogen and oxygen atoms in total. The number of H-pyrrole nitrogens is 1. The number of carbonyl (C=O) groups is 1. The first-order valence-corrected chi connectivity index (χ1v) is 7.48. The highest BCUT2D eigenvalue weighted by atomic mass is 32.2. The lowest BCUT2D eigenvalue weighted by molar-refractivity contribution is -0.120. The molecule has 0 aliphatic heterocycles. The Morgan fingerprint density at radius 1 is 1.38 bits per heavy atom. The van der Waals surface area contributed by atoms with Gasteiger partial charge in [-0.3, -0.25) is 14.8 Å². The number of rotatable bonds is 6. The molecule has 1 heterocycles. The average Bonchev–Trinajstić information content (AvgIpc) is 2.86. The molecule has 0 radical (unpaired) electrons. The van der Waals surface area contributed by atoms with E-state index in [1.165, 1.54) is 11.8 Å². The van der Waals surface area contributed by atoms with Crippen molar-refractivity contribution in [3.8, 4) is 0 Å².